The van der Waals surface area contributed by atoms with Crippen molar-refractivity contribution >= 4 is 6.29 Å². The lowest BCUT2D eigenvalue weighted by atomic mass is 9.80. The van der Waals surface area contributed by atoms with Crippen LogP contribution >= 0.6 is 0 Å². The fourth-order valence-corrected chi connectivity index (χ4v) is 3.18. The van der Waals surface area contributed by atoms with Crippen LogP contribution in [0.4, 0.5) is 0 Å². The minimum atomic E-state index is 0.429. The Morgan fingerprint density at radius 3 is 2.73 bits per heavy atom. The molecular formula is C10H16O. The molecule has 0 N–H and O–H groups in total. The molecule has 2 rings (SSSR count). The van der Waals surface area contributed by atoms with Crippen molar-refractivity contribution in [2.45, 2.75) is 32.6 Å². The molecule has 2 saturated carbocycles. The number of carbonyl (C=O) groups is 1. The van der Waals surface area contributed by atoms with Crippen molar-refractivity contribution in [2.24, 2.45) is 23.7 Å². The first kappa shape index (κ1) is 7.33. The number of rotatable bonds is 2. The molecule has 0 aromatic carbocycles. The van der Waals surface area contributed by atoms with E-state index in [-0.39, 0.29) is 0 Å². The molecule has 0 spiro atoms. The van der Waals surface area contributed by atoms with Crippen molar-refractivity contribution in [2.75, 3.05) is 0 Å². The fourth-order valence-electron chi connectivity index (χ4n) is 3.18. The van der Waals surface area contributed by atoms with Crippen molar-refractivity contribution < 1.29 is 4.79 Å². The quantitative estimate of drug-likeness (QED) is 0.555. The van der Waals surface area contributed by atoms with E-state index in [1.807, 2.05) is 0 Å². The highest BCUT2D eigenvalue weighted by Gasteiger charge is 2.44. The average molecular weight is 152 g/mol. The van der Waals surface area contributed by atoms with E-state index in [9.17, 15) is 4.79 Å². The van der Waals surface area contributed by atoms with Gasteiger partial charge in [-0.2, -0.15) is 0 Å². The molecule has 0 aromatic heterocycles. The zero-order chi connectivity index (χ0) is 7.84. The molecule has 0 amide bonds. The van der Waals surface area contributed by atoms with Crippen LogP contribution in [-0.4, -0.2) is 6.29 Å². The van der Waals surface area contributed by atoms with Gasteiger partial charge in [0.05, 0.1) is 0 Å². The van der Waals surface area contributed by atoms with Gasteiger partial charge in [-0.15, -0.1) is 0 Å². The molecule has 1 nitrogen and oxygen atoms in total. The molecule has 0 aliphatic heterocycles. The molecular weight excluding hydrogens is 136 g/mol. The summed E-state index contributed by atoms with van der Waals surface area (Å²) in [7, 11) is 0. The van der Waals surface area contributed by atoms with Crippen LogP contribution in [0.1, 0.15) is 32.6 Å². The maximum Gasteiger partial charge on any atom is 0.123 e. The van der Waals surface area contributed by atoms with Gasteiger partial charge in [0.1, 0.15) is 6.29 Å². The maximum absolute atomic E-state index is 10.7. The first-order valence-corrected chi connectivity index (χ1v) is 4.80. The molecule has 4 unspecified atom stereocenters. The lowest BCUT2D eigenvalue weighted by molar-refractivity contribution is -0.113. The van der Waals surface area contributed by atoms with Crippen LogP contribution in [0.3, 0.4) is 0 Å². The Morgan fingerprint density at radius 2 is 2.18 bits per heavy atom. The third kappa shape index (κ3) is 1.02. The molecule has 0 aromatic rings. The van der Waals surface area contributed by atoms with Gasteiger partial charge < -0.3 is 4.79 Å². The van der Waals surface area contributed by atoms with Crippen molar-refractivity contribution in [3.63, 3.8) is 0 Å². The van der Waals surface area contributed by atoms with Gasteiger partial charge in [-0.05, 0) is 37.0 Å². The van der Waals surface area contributed by atoms with Gasteiger partial charge in [0.15, 0.2) is 0 Å². The van der Waals surface area contributed by atoms with Crippen LogP contribution in [0, 0.1) is 23.7 Å². The van der Waals surface area contributed by atoms with E-state index in [2.05, 4.69) is 6.92 Å². The Morgan fingerprint density at radius 1 is 1.36 bits per heavy atom. The van der Waals surface area contributed by atoms with E-state index in [0.29, 0.717) is 5.92 Å². The van der Waals surface area contributed by atoms with Gasteiger partial charge in [0, 0.05) is 5.92 Å². The van der Waals surface area contributed by atoms with Crippen LogP contribution in [0.25, 0.3) is 0 Å². The normalized spacial score (nSPS) is 48.1. The van der Waals surface area contributed by atoms with Gasteiger partial charge >= 0.3 is 0 Å². The molecule has 4 atom stereocenters. The summed E-state index contributed by atoms with van der Waals surface area (Å²) >= 11 is 0. The number of carbonyl (C=O) groups excluding carboxylic acids is 1. The van der Waals surface area contributed by atoms with Crippen LogP contribution < -0.4 is 0 Å². The summed E-state index contributed by atoms with van der Waals surface area (Å²) in [6, 6.07) is 0. The second-order valence-corrected chi connectivity index (χ2v) is 4.21. The van der Waals surface area contributed by atoms with Crippen molar-refractivity contribution in [1.29, 1.82) is 0 Å². The van der Waals surface area contributed by atoms with E-state index in [4.69, 9.17) is 0 Å². The summed E-state index contributed by atoms with van der Waals surface area (Å²) in [6.07, 6.45) is 6.44. The maximum atomic E-state index is 10.7. The molecule has 2 aliphatic rings. The van der Waals surface area contributed by atoms with E-state index in [0.717, 1.165) is 17.8 Å². The van der Waals surface area contributed by atoms with Crippen molar-refractivity contribution in [3.05, 3.63) is 0 Å². The van der Waals surface area contributed by atoms with Crippen molar-refractivity contribution in [1.82, 2.24) is 0 Å². The standard InChI is InChI=1S/C10H16O/c1-2-8-3-7-4-9(6-11)10(8)5-7/h6-10H,2-5H2,1H3. The Balaban J connectivity index is 2.07. The summed E-state index contributed by atoms with van der Waals surface area (Å²) in [4.78, 5) is 10.7. The molecule has 2 fully saturated rings. The van der Waals surface area contributed by atoms with Crippen molar-refractivity contribution in [3.8, 4) is 0 Å². The molecule has 0 heterocycles. The lowest BCUT2D eigenvalue weighted by Crippen LogP contribution is -2.20. The SMILES string of the molecule is CCC1CC2CC(C=O)C1C2. The summed E-state index contributed by atoms with van der Waals surface area (Å²) < 4.78 is 0. The van der Waals surface area contributed by atoms with E-state index in [1.165, 1.54) is 32.0 Å². The Labute approximate surface area is 68.2 Å². The minimum absolute atomic E-state index is 0.429. The Hall–Kier alpha value is -0.330. The van der Waals surface area contributed by atoms with E-state index < -0.39 is 0 Å². The predicted molar refractivity (Wildman–Crippen MR) is 44.2 cm³/mol. The topological polar surface area (TPSA) is 17.1 Å². The largest absolute Gasteiger partial charge is 0.303 e. The van der Waals surface area contributed by atoms with Gasteiger partial charge in [0.2, 0.25) is 0 Å². The van der Waals surface area contributed by atoms with Gasteiger partial charge in [-0.1, -0.05) is 13.3 Å². The Kier molecular flexibility index (Phi) is 1.74. The van der Waals surface area contributed by atoms with Crippen LogP contribution in [0.5, 0.6) is 0 Å². The van der Waals surface area contributed by atoms with E-state index in [1.54, 1.807) is 0 Å². The lowest BCUT2D eigenvalue weighted by Gasteiger charge is -2.24. The molecule has 62 valence electrons. The molecule has 2 aliphatic carbocycles. The van der Waals surface area contributed by atoms with Gasteiger partial charge in [0.25, 0.3) is 0 Å². The van der Waals surface area contributed by atoms with E-state index >= 15 is 0 Å². The average Bonchev–Trinajstić information content (AvgIpc) is 2.60. The fraction of sp³-hybridized carbons (Fsp3) is 0.900. The van der Waals surface area contributed by atoms with Gasteiger partial charge in [-0.25, -0.2) is 0 Å². The summed E-state index contributed by atoms with van der Waals surface area (Å²) in [5.74, 6) is 2.98. The summed E-state index contributed by atoms with van der Waals surface area (Å²) in [5, 5.41) is 0. The summed E-state index contributed by atoms with van der Waals surface area (Å²) in [5.41, 5.74) is 0. The number of hydrogen-bond acceptors (Lipinski definition) is 1. The molecule has 1 heteroatoms. The van der Waals surface area contributed by atoms with Crippen LogP contribution in [0.15, 0.2) is 0 Å². The third-order valence-electron chi connectivity index (χ3n) is 3.70. The zero-order valence-electron chi connectivity index (χ0n) is 7.12. The second kappa shape index (κ2) is 2.62. The second-order valence-electron chi connectivity index (χ2n) is 4.21. The summed E-state index contributed by atoms with van der Waals surface area (Å²) in [6.45, 7) is 2.26. The smallest absolute Gasteiger partial charge is 0.123 e. The zero-order valence-corrected chi connectivity index (χ0v) is 7.12. The highest BCUT2D eigenvalue weighted by atomic mass is 16.1. The number of fused-ring (bicyclic) bond motifs is 2. The monoisotopic (exact) mass is 152 g/mol. The predicted octanol–water partition coefficient (Wildman–Crippen LogP) is 2.26. The van der Waals surface area contributed by atoms with Gasteiger partial charge in [-0.3, -0.25) is 0 Å². The highest BCUT2D eigenvalue weighted by molar-refractivity contribution is 5.55. The van der Waals surface area contributed by atoms with Crippen LogP contribution in [0.2, 0.25) is 0 Å². The molecule has 2 bridgehead atoms. The highest BCUT2D eigenvalue weighted by Crippen LogP contribution is 2.52. The van der Waals surface area contributed by atoms with Crippen LogP contribution in [-0.2, 0) is 4.79 Å². The first-order valence-electron chi connectivity index (χ1n) is 4.80. The molecule has 0 radical (unpaired) electrons. The minimum Gasteiger partial charge on any atom is -0.303 e. The number of hydrogen-bond donors (Lipinski definition) is 0. The first-order chi connectivity index (χ1) is 5.35. The Bertz CT molecular complexity index is 164. The molecule has 0 saturated heterocycles. The number of aldehydes is 1. The molecule has 11 heavy (non-hydrogen) atoms. The third-order valence-corrected chi connectivity index (χ3v) is 3.70.